The van der Waals surface area contributed by atoms with Crippen LogP contribution in [-0.2, 0) is 28.7 Å². The van der Waals surface area contributed by atoms with Crippen molar-refractivity contribution in [2.24, 2.45) is 0 Å². The van der Waals surface area contributed by atoms with Gasteiger partial charge in [0, 0.05) is 32.0 Å². The minimum atomic E-state index is -4.41. The molecule has 9 heteroatoms. The third-order valence-corrected chi connectivity index (χ3v) is 5.96. The van der Waals surface area contributed by atoms with Crippen LogP contribution < -0.4 is 10.1 Å². The quantitative estimate of drug-likeness (QED) is 0.584. The van der Waals surface area contributed by atoms with Gasteiger partial charge in [-0.1, -0.05) is 12.1 Å². The van der Waals surface area contributed by atoms with Crippen molar-refractivity contribution in [1.29, 1.82) is 0 Å². The van der Waals surface area contributed by atoms with Gasteiger partial charge in [0.2, 0.25) is 11.8 Å². The van der Waals surface area contributed by atoms with E-state index >= 15 is 0 Å². The molecule has 1 saturated heterocycles. The third-order valence-electron chi connectivity index (χ3n) is 5.96. The lowest BCUT2D eigenvalue weighted by Gasteiger charge is -2.30. The van der Waals surface area contributed by atoms with Crippen molar-refractivity contribution in [3.63, 3.8) is 0 Å². The van der Waals surface area contributed by atoms with Gasteiger partial charge >= 0.3 is 6.18 Å². The van der Waals surface area contributed by atoms with Crippen LogP contribution in [0.2, 0.25) is 0 Å². The zero-order chi connectivity index (χ0) is 24.2. The van der Waals surface area contributed by atoms with Crippen molar-refractivity contribution in [3.8, 4) is 5.75 Å². The Balaban J connectivity index is 1.65. The summed E-state index contributed by atoms with van der Waals surface area (Å²) in [6.07, 6.45) is -3.02. The topological polar surface area (TPSA) is 58.6 Å². The lowest BCUT2D eigenvalue weighted by Crippen LogP contribution is -2.44. The molecule has 1 heterocycles. The fourth-order valence-corrected chi connectivity index (χ4v) is 4.06. The number of methoxy groups -OCH3 is 1. The summed E-state index contributed by atoms with van der Waals surface area (Å²) in [7, 11) is 3.05. The molecule has 2 aromatic rings. The van der Waals surface area contributed by atoms with Crippen molar-refractivity contribution in [2.45, 2.75) is 50.4 Å². The van der Waals surface area contributed by atoms with Gasteiger partial charge in [0.25, 0.3) is 0 Å². The van der Waals surface area contributed by atoms with E-state index in [1.807, 2.05) is 0 Å². The lowest BCUT2D eigenvalue weighted by molar-refractivity contribution is -0.137. The molecule has 1 aliphatic heterocycles. The number of hydrogen-bond donors (Lipinski definition) is 1. The maximum Gasteiger partial charge on any atom is 0.416 e. The SMILES string of the molecule is COc1ccc(F)c(C[C@@]2(CCC(=O)N(C)Cc3ccc(C(F)(F)F)cc3)CCC(=O)N2)c1. The molecule has 0 aliphatic carbocycles. The zero-order valence-corrected chi connectivity index (χ0v) is 18.5. The fourth-order valence-electron chi connectivity index (χ4n) is 4.06. The molecule has 33 heavy (non-hydrogen) atoms. The Morgan fingerprint density at radius 3 is 2.45 bits per heavy atom. The second-order valence-electron chi connectivity index (χ2n) is 8.41. The van der Waals surface area contributed by atoms with Crippen molar-refractivity contribution in [3.05, 3.63) is 65.0 Å². The second-order valence-corrected chi connectivity index (χ2v) is 8.41. The molecule has 178 valence electrons. The Morgan fingerprint density at radius 1 is 1.18 bits per heavy atom. The van der Waals surface area contributed by atoms with E-state index in [-0.39, 0.29) is 31.2 Å². The van der Waals surface area contributed by atoms with Crippen LogP contribution in [0.4, 0.5) is 17.6 Å². The predicted molar refractivity (Wildman–Crippen MR) is 114 cm³/mol. The molecule has 0 spiro atoms. The summed E-state index contributed by atoms with van der Waals surface area (Å²) in [4.78, 5) is 26.1. The first kappa shape index (κ1) is 24.5. The number of carbonyl (C=O) groups excluding carboxylic acids is 2. The third kappa shape index (κ3) is 6.24. The molecule has 2 aromatic carbocycles. The smallest absolute Gasteiger partial charge is 0.416 e. The average Bonchev–Trinajstić information content (AvgIpc) is 3.14. The largest absolute Gasteiger partial charge is 0.497 e. The molecule has 1 aliphatic rings. The van der Waals surface area contributed by atoms with Crippen LogP contribution in [0, 0.1) is 5.82 Å². The number of benzene rings is 2. The molecule has 3 rings (SSSR count). The van der Waals surface area contributed by atoms with E-state index in [1.165, 1.54) is 36.3 Å². The number of carbonyl (C=O) groups is 2. The fraction of sp³-hybridized carbons (Fsp3) is 0.417. The van der Waals surface area contributed by atoms with Gasteiger partial charge in [0.15, 0.2) is 0 Å². The number of ether oxygens (including phenoxy) is 1. The Labute approximate surface area is 189 Å². The molecule has 0 unspecified atom stereocenters. The minimum absolute atomic E-state index is 0.100. The van der Waals surface area contributed by atoms with Crippen LogP contribution in [0.1, 0.15) is 42.4 Å². The van der Waals surface area contributed by atoms with Crippen LogP contribution >= 0.6 is 0 Å². The summed E-state index contributed by atoms with van der Waals surface area (Å²) in [5.41, 5.74) is -0.540. The summed E-state index contributed by atoms with van der Waals surface area (Å²) in [5.74, 6) is -0.286. The molecule has 0 aromatic heterocycles. The monoisotopic (exact) mass is 466 g/mol. The lowest BCUT2D eigenvalue weighted by atomic mass is 9.84. The number of amides is 2. The van der Waals surface area contributed by atoms with Gasteiger partial charge in [0.05, 0.1) is 12.7 Å². The highest BCUT2D eigenvalue weighted by Crippen LogP contribution is 2.32. The number of rotatable bonds is 8. The first-order valence-corrected chi connectivity index (χ1v) is 10.5. The van der Waals surface area contributed by atoms with E-state index in [1.54, 1.807) is 13.1 Å². The molecule has 1 N–H and O–H groups in total. The van der Waals surface area contributed by atoms with Gasteiger partial charge in [-0.25, -0.2) is 4.39 Å². The first-order chi connectivity index (χ1) is 15.5. The maximum absolute atomic E-state index is 14.4. The van der Waals surface area contributed by atoms with Crippen molar-refractivity contribution in [1.82, 2.24) is 10.2 Å². The number of nitrogens with zero attached hydrogens (tertiary/aromatic N) is 1. The molecule has 2 amide bonds. The number of hydrogen-bond acceptors (Lipinski definition) is 3. The van der Waals surface area contributed by atoms with Crippen molar-refractivity contribution < 1.29 is 31.9 Å². The van der Waals surface area contributed by atoms with E-state index in [0.717, 1.165) is 12.1 Å². The highest BCUT2D eigenvalue weighted by molar-refractivity contribution is 5.80. The summed E-state index contributed by atoms with van der Waals surface area (Å²) in [6, 6.07) is 9.06. The van der Waals surface area contributed by atoms with Gasteiger partial charge in [-0.3, -0.25) is 9.59 Å². The van der Waals surface area contributed by atoms with Crippen LogP contribution in [0.5, 0.6) is 5.75 Å². The zero-order valence-electron chi connectivity index (χ0n) is 18.5. The predicted octanol–water partition coefficient (Wildman–Crippen LogP) is 4.48. The molecule has 5 nitrogen and oxygen atoms in total. The highest BCUT2D eigenvalue weighted by Gasteiger charge is 2.39. The van der Waals surface area contributed by atoms with Gasteiger partial charge in [-0.05, 0) is 60.7 Å². The number of halogens is 4. The van der Waals surface area contributed by atoms with Gasteiger partial charge in [0.1, 0.15) is 11.6 Å². The molecular formula is C24H26F4N2O3. The van der Waals surface area contributed by atoms with E-state index < -0.39 is 23.1 Å². The molecular weight excluding hydrogens is 440 g/mol. The second kappa shape index (κ2) is 9.80. The summed E-state index contributed by atoms with van der Waals surface area (Å²) >= 11 is 0. The van der Waals surface area contributed by atoms with Gasteiger partial charge in [-0.15, -0.1) is 0 Å². The highest BCUT2D eigenvalue weighted by atomic mass is 19.4. The van der Waals surface area contributed by atoms with Gasteiger partial charge in [-0.2, -0.15) is 13.2 Å². The van der Waals surface area contributed by atoms with Crippen LogP contribution in [0.25, 0.3) is 0 Å². The Bertz CT molecular complexity index is 1010. The summed E-state index contributed by atoms with van der Waals surface area (Å²) in [6.45, 7) is 0.154. The van der Waals surface area contributed by atoms with Gasteiger partial charge < -0.3 is 15.0 Å². The number of nitrogens with one attached hydrogen (secondary N) is 1. The minimum Gasteiger partial charge on any atom is -0.497 e. The summed E-state index contributed by atoms with van der Waals surface area (Å²) < 4.78 is 57.7. The van der Waals surface area contributed by atoms with E-state index in [4.69, 9.17) is 4.74 Å². The van der Waals surface area contributed by atoms with Crippen LogP contribution in [-0.4, -0.2) is 36.4 Å². The Kier molecular flexibility index (Phi) is 7.29. The van der Waals surface area contributed by atoms with E-state index in [2.05, 4.69) is 5.32 Å². The first-order valence-electron chi connectivity index (χ1n) is 10.5. The van der Waals surface area contributed by atoms with E-state index in [0.29, 0.717) is 36.1 Å². The normalized spacial score (nSPS) is 18.2. The Morgan fingerprint density at radius 2 is 1.88 bits per heavy atom. The van der Waals surface area contributed by atoms with Crippen LogP contribution in [0.15, 0.2) is 42.5 Å². The standard InChI is InChI=1S/C24H26F4N2O3/c1-30(15-16-3-5-18(6-4-16)24(26,27)28)22(32)10-12-23(11-9-21(31)29-23)14-17-13-19(33-2)7-8-20(17)25/h3-8,13H,9-12,14-15H2,1-2H3,(H,29,31)/t23-/m0/s1. The number of alkyl halides is 3. The molecule has 0 bridgehead atoms. The molecule has 0 radical (unpaired) electrons. The van der Waals surface area contributed by atoms with Crippen molar-refractivity contribution >= 4 is 11.8 Å². The van der Waals surface area contributed by atoms with Crippen molar-refractivity contribution in [2.75, 3.05) is 14.2 Å². The van der Waals surface area contributed by atoms with E-state index in [9.17, 15) is 27.2 Å². The molecule has 1 fully saturated rings. The molecule has 1 atom stereocenters. The average molecular weight is 466 g/mol. The maximum atomic E-state index is 14.4. The van der Waals surface area contributed by atoms with Crippen LogP contribution in [0.3, 0.4) is 0 Å². The molecule has 0 saturated carbocycles. The summed E-state index contributed by atoms with van der Waals surface area (Å²) in [5, 5.41) is 2.92. The Hall–Kier alpha value is -3.10.